The molecule has 1 aromatic heterocycles. The molecule has 0 aliphatic carbocycles. The van der Waals surface area contributed by atoms with Crippen molar-refractivity contribution in [1.29, 1.82) is 0 Å². The number of hydrogen-bond acceptors (Lipinski definition) is 4. The van der Waals surface area contributed by atoms with E-state index in [1.54, 1.807) is 22.8 Å². The molecule has 130 valence electrons. The molecule has 1 saturated heterocycles. The van der Waals surface area contributed by atoms with Gasteiger partial charge in [0, 0.05) is 25.6 Å². The summed E-state index contributed by atoms with van der Waals surface area (Å²) in [7, 11) is -3.42. The second-order valence-electron chi connectivity index (χ2n) is 6.10. The molecule has 0 saturated carbocycles. The third kappa shape index (κ3) is 3.10. The number of sulfonamides is 1. The zero-order chi connectivity index (χ0) is 17.2. The fourth-order valence-electron chi connectivity index (χ4n) is 3.37. The average Bonchev–Trinajstić information content (AvgIpc) is 3.10. The maximum Gasteiger partial charge on any atom is 0.243 e. The van der Waals surface area contributed by atoms with Crippen LogP contribution in [0.2, 0.25) is 0 Å². The van der Waals surface area contributed by atoms with E-state index >= 15 is 0 Å². The van der Waals surface area contributed by atoms with Crippen molar-refractivity contribution in [3.63, 3.8) is 0 Å². The number of aryl methyl sites for hydroxylation is 2. The van der Waals surface area contributed by atoms with Crippen LogP contribution in [0.15, 0.2) is 35.5 Å². The molecule has 7 heteroatoms. The fourth-order valence-corrected chi connectivity index (χ4v) is 5.14. The molecule has 0 amide bonds. The van der Waals surface area contributed by atoms with E-state index in [-0.39, 0.29) is 6.04 Å². The van der Waals surface area contributed by atoms with Gasteiger partial charge in [-0.15, -0.1) is 10.2 Å². The van der Waals surface area contributed by atoms with E-state index < -0.39 is 10.0 Å². The van der Waals surface area contributed by atoms with E-state index in [2.05, 4.69) is 21.7 Å². The summed E-state index contributed by atoms with van der Waals surface area (Å²) in [6.07, 6.45) is 4.89. The van der Waals surface area contributed by atoms with E-state index in [0.29, 0.717) is 24.4 Å². The second kappa shape index (κ2) is 7.03. The summed E-state index contributed by atoms with van der Waals surface area (Å²) in [5.74, 6) is 0.965. The van der Waals surface area contributed by atoms with Crippen LogP contribution in [-0.4, -0.2) is 40.6 Å². The molecule has 2 aromatic rings. The number of hydrogen-bond donors (Lipinski definition) is 0. The van der Waals surface area contributed by atoms with Crippen LogP contribution >= 0.6 is 0 Å². The van der Waals surface area contributed by atoms with E-state index in [0.717, 1.165) is 30.7 Å². The van der Waals surface area contributed by atoms with Crippen molar-refractivity contribution < 1.29 is 8.42 Å². The summed E-state index contributed by atoms with van der Waals surface area (Å²) in [5.41, 5.74) is 0.881. The standard InChI is InChI=1S/C17H24N4O2S/c1-3-14-7-5-6-8-16(14)24(22,23)20-11-9-15(10-12-20)21-13-18-19-17(21)4-2/h5-8,13,15H,3-4,9-12H2,1-2H3. The highest BCUT2D eigenvalue weighted by molar-refractivity contribution is 7.89. The Kier molecular flexibility index (Phi) is 5.01. The number of aromatic nitrogens is 3. The Balaban J connectivity index is 1.76. The van der Waals surface area contributed by atoms with E-state index in [1.165, 1.54) is 0 Å². The van der Waals surface area contributed by atoms with Crippen molar-refractivity contribution in [2.45, 2.75) is 50.5 Å². The maximum absolute atomic E-state index is 13.0. The zero-order valence-corrected chi connectivity index (χ0v) is 15.0. The molecule has 2 heterocycles. The molecular weight excluding hydrogens is 324 g/mol. The highest BCUT2D eigenvalue weighted by Crippen LogP contribution is 2.28. The lowest BCUT2D eigenvalue weighted by molar-refractivity contribution is 0.270. The average molecular weight is 348 g/mol. The Morgan fingerprint density at radius 1 is 1.12 bits per heavy atom. The van der Waals surface area contributed by atoms with Gasteiger partial charge in [-0.3, -0.25) is 0 Å². The molecule has 0 N–H and O–H groups in total. The maximum atomic E-state index is 13.0. The van der Waals surface area contributed by atoms with Crippen LogP contribution in [0.1, 0.15) is 44.1 Å². The first kappa shape index (κ1) is 17.1. The summed E-state index contributed by atoms with van der Waals surface area (Å²) in [5, 5.41) is 8.12. The van der Waals surface area contributed by atoms with Gasteiger partial charge in [-0.05, 0) is 30.9 Å². The van der Waals surface area contributed by atoms with Gasteiger partial charge in [0.1, 0.15) is 12.2 Å². The van der Waals surface area contributed by atoms with Crippen LogP contribution in [0.5, 0.6) is 0 Å². The van der Waals surface area contributed by atoms with E-state index in [4.69, 9.17) is 0 Å². The summed E-state index contributed by atoms with van der Waals surface area (Å²) < 4.78 is 29.7. The predicted molar refractivity (Wildman–Crippen MR) is 92.2 cm³/mol. The van der Waals surface area contributed by atoms with Crippen molar-refractivity contribution in [2.75, 3.05) is 13.1 Å². The summed E-state index contributed by atoms with van der Waals surface area (Å²) in [6, 6.07) is 7.58. The molecule has 6 nitrogen and oxygen atoms in total. The van der Waals surface area contributed by atoms with Gasteiger partial charge in [0.25, 0.3) is 0 Å². The molecule has 1 aliphatic heterocycles. The van der Waals surface area contributed by atoms with Crippen LogP contribution < -0.4 is 0 Å². The summed E-state index contributed by atoms with van der Waals surface area (Å²) in [4.78, 5) is 0.449. The van der Waals surface area contributed by atoms with Gasteiger partial charge in [0.2, 0.25) is 10.0 Å². The molecule has 1 fully saturated rings. The Morgan fingerprint density at radius 3 is 2.50 bits per heavy atom. The Morgan fingerprint density at radius 2 is 1.83 bits per heavy atom. The van der Waals surface area contributed by atoms with Crippen LogP contribution in [0.3, 0.4) is 0 Å². The minimum Gasteiger partial charge on any atom is -0.314 e. The summed E-state index contributed by atoms with van der Waals surface area (Å²) >= 11 is 0. The first-order valence-electron chi connectivity index (χ1n) is 8.54. The lowest BCUT2D eigenvalue weighted by Gasteiger charge is -2.32. The highest BCUT2D eigenvalue weighted by Gasteiger charge is 2.31. The molecule has 3 rings (SSSR count). The van der Waals surface area contributed by atoms with Crippen LogP contribution in [-0.2, 0) is 22.9 Å². The first-order valence-corrected chi connectivity index (χ1v) is 9.98. The third-order valence-corrected chi connectivity index (χ3v) is 6.75. The zero-order valence-electron chi connectivity index (χ0n) is 14.2. The van der Waals surface area contributed by atoms with Gasteiger partial charge in [-0.25, -0.2) is 8.42 Å². The van der Waals surface area contributed by atoms with Crippen molar-refractivity contribution in [2.24, 2.45) is 0 Å². The lowest BCUT2D eigenvalue weighted by Crippen LogP contribution is -2.39. The Bertz CT molecular complexity index is 792. The molecule has 1 aliphatic rings. The molecule has 0 unspecified atom stereocenters. The molecule has 0 spiro atoms. The minimum absolute atomic E-state index is 0.280. The minimum atomic E-state index is -3.42. The normalized spacial score (nSPS) is 17.2. The fraction of sp³-hybridized carbons (Fsp3) is 0.529. The smallest absolute Gasteiger partial charge is 0.243 e. The number of rotatable bonds is 5. The van der Waals surface area contributed by atoms with Crippen molar-refractivity contribution in [3.8, 4) is 0 Å². The van der Waals surface area contributed by atoms with Gasteiger partial charge in [-0.1, -0.05) is 32.0 Å². The van der Waals surface area contributed by atoms with Crippen LogP contribution in [0, 0.1) is 0 Å². The molecule has 24 heavy (non-hydrogen) atoms. The first-order chi connectivity index (χ1) is 11.6. The monoisotopic (exact) mass is 348 g/mol. The summed E-state index contributed by atoms with van der Waals surface area (Å²) in [6.45, 7) is 5.11. The number of benzene rings is 1. The SMILES string of the molecule is CCc1ccccc1S(=O)(=O)N1CCC(n2cnnc2CC)CC1. The van der Waals surface area contributed by atoms with Crippen molar-refractivity contribution >= 4 is 10.0 Å². The third-order valence-electron chi connectivity index (χ3n) is 4.75. The van der Waals surface area contributed by atoms with E-state index in [1.807, 2.05) is 19.1 Å². The number of nitrogens with zero attached hydrogens (tertiary/aromatic N) is 4. The quantitative estimate of drug-likeness (QED) is 0.832. The molecular formula is C17H24N4O2S. The van der Waals surface area contributed by atoms with Crippen LogP contribution in [0.4, 0.5) is 0 Å². The topological polar surface area (TPSA) is 68.1 Å². The molecule has 0 radical (unpaired) electrons. The highest BCUT2D eigenvalue weighted by atomic mass is 32.2. The Hall–Kier alpha value is -1.73. The van der Waals surface area contributed by atoms with Crippen LogP contribution in [0.25, 0.3) is 0 Å². The van der Waals surface area contributed by atoms with Gasteiger partial charge < -0.3 is 4.57 Å². The lowest BCUT2D eigenvalue weighted by atomic mass is 10.1. The largest absolute Gasteiger partial charge is 0.314 e. The molecule has 0 atom stereocenters. The number of piperidine rings is 1. The molecule has 1 aromatic carbocycles. The van der Waals surface area contributed by atoms with E-state index in [9.17, 15) is 8.42 Å². The van der Waals surface area contributed by atoms with Crippen molar-refractivity contribution in [1.82, 2.24) is 19.1 Å². The van der Waals surface area contributed by atoms with Gasteiger partial charge >= 0.3 is 0 Å². The van der Waals surface area contributed by atoms with Gasteiger partial charge in [0.05, 0.1) is 4.90 Å². The van der Waals surface area contributed by atoms with Crippen molar-refractivity contribution in [3.05, 3.63) is 42.0 Å². The second-order valence-corrected chi connectivity index (χ2v) is 8.01. The van der Waals surface area contributed by atoms with Gasteiger partial charge in [-0.2, -0.15) is 4.31 Å². The Labute approximate surface area is 143 Å². The molecule has 0 bridgehead atoms. The van der Waals surface area contributed by atoms with Gasteiger partial charge in [0.15, 0.2) is 0 Å². The predicted octanol–water partition coefficient (Wildman–Crippen LogP) is 2.43.